The van der Waals surface area contributed by atoms with Crippen molar-refractivity contribution in [3.8, 4) is 0 Å². The topological polar surface area (TPSA) is 69.7 Å². The van der Waals surface area contributed by atoms with Crippen LogP contribution in [0, 0.1) is 35.0 Å². The predicted molar refractivity (Wildman–Crippen MR) is 98.5 cm³/mol. The normalized spacial score (nSPS) is 43.1. The smallest absolute Gasteiger partial charge is 0.308 e. The lowest BCUT2D eigenvalue weighted by Crippen LogP contribution is -2.52. The van der Waals surface area contributed by atoms with Crippen molar-refractivity contribution in [2.75, 3.05) is 7.11 Å². The van der Waals surface area contributed by atoms with Gasteiger partial charge < -0.3 is 9.47 Å². The molecular formula is C22H30O5. The lowest BCUT2D eigenvalue weighted by Gasteiger charge is -2.54. The van der Waals surface area contributed by atoms with Gasteiger partial charge in [-0.15, -0.1) is 0 Å². The van der Waals surface area contributed by atoms with Gasteiger partial charge in [0.25, 0.3) is 0 Å². The van der Waals surface area contributed by atoms with Crippen LogP contribution in [0.3, 0.4) is 0 Å². The van der Waals surface area contributed by atoms with Crippen LogP contribution in [0.5, 0.6) is 0 Å². The lowest BCUT2D eigenvalue weighted by molar-refractivity contribution is -0.153. The van der Waals surface area contributed by atoms with E-state index in [4.69, 9.17) is 9.47 Å². The van der Waals surface area contributed by atoms with Crippen LogP contribution in [0.2, 0.25) is 0 Å². The minimum atomic E-state index is -0.228. The highest BCUT2D eigenvalue weighted by molar-refractivity contribution is 5.85. The third-order valence-electron chi connectivity index (χ3n) is 7.97. The van der Waals surface area contributed by atoms with Gasteiger partial charge in [0.15, 0.2) is 0 Å². The molecule has 0 N–H and O–H groups in total. The highest BCUT2D eigenvalue weighted by Crippen LogP contribution is 2.61. The predicted octanol–water partition coefficient (Wildman–Crippen LogP) is 3.46. The number of carbonyl (C=O) groups is 3. The van der Waals surface area contributed by atoms with E-state index < -0.39 is 0 Å². The number of rotatable bonds is 2. The number of fused-ring (bicyclic) bond motifs is 5. The van der Waals surface area contributed by atoms with E-state index in [0.29, 0.717) is 24.0 Å². The number of ether oxygens (including phenoxy) is 2. The molecule has 4 aliphatic rings. The minimum absolute atomic E-state index is 0.0495. The number of hydrogen-bond donors (Lipinski definition) is 0. The molecule has 0 heterocycles. The molecular weight excluding hydrogens is 344 g/mol. The zero-order chi connectivity index (χ0) is 19.3. The molecule has 3 fully saturated rings. The zero-order valence-corrected chi connectivity index (χ0v) is 16.5. The van der Waals surface area contributed by atoms with Crippen molar-refractivity contribution in [3.63, 3.8) is 0 Å². The first-order valence-corrected chi connectivity index (χ1v) is 10.3. The van der Waals surface area contributed by atoms with Crippen LogP contribution in [0.1, 0.15) is 58.8 Å². The number of allylic oxidation sites excluding steroid dienone is 1. The van der Waals surface area contributed by atoms with Gasteiger partial charge in [0.05, 0.1) is 13.0 Å². The maximum absolute atomic E-state index is 13.3. The fourth-order valence-electron chi connectivity index (χ4n) is 6.84. The summed E-state index contributed by atoms with van der Waals surface area (Å²) in [6.07, 6.45) is 8.02. The highest BCUT2D eigenvalue weighted by atomic mass is 16.5. The number of carbonyl (C=O) groups excluding carboxylic acids is 3. The second-order valence-electron chi connectivity index (χ2n) is 9.20. The number of hydrogen-bond acceptors (Lipinski definition) is 5. The molecule has 0 spiro atoms. The molecule has 148 valence electrons. The van der Waals surface area contributed by atoms with E-state index in [1.165, 1.54) is 19.6 Å². The van der Waals surface area contributed by atoms with Crippen LogP contribution in [0.25, 0.3) is 0 Å². The Morgan fingerprint density at radius 1 is 1.11 bits per heavy atom. The molecule has 5 nitrogen and oxygen atoms in total. The molecule has 0 aromatic rings. The summed E-state index contributed by atoms with van der Waals surface area (Å²) in [4.78, 5) is 36.8. The van der Waals surface area contributed by atoms with Crippen molar-refractivity contribution in [3.05, 3.63) is 11.6 Å². The van der Waals surface area contributed by atoms with Crippen molar-refractivity contribution >= 4 is 17.7 Å². The van der Waals surface area contributed by atoms with Crippen molar-refractivity contribution < 1.29 is 23.9 Å². The Kier molecular flexibility index (Phi) is 4.68. The average Bonchev–Trinajstić information content (AvgIpc) is 3.04. The summed E-state index contributed by atoms with van der Waals surface area (Å²) in [6.45, 7) is 3.70. The van der Waals surface area contributed by atoms with Crippen molar-refractivity contribution in [2.24, 2.45) is 35.0 Å². The minimum Gasteiger partial charge on any atom is -0.469 e. The van der Waals surface area contributed by atoms with E-state index in [9.17, 15) is 14.4 Å². The van der Waals surface area contributed by atoms with Crippen LogP contribution < -0.4 is 0 Å². The van der Waals surface area contributed by atoms with E-state index in [-0.39, 0.29) is 41.2 Å². The first-order chi connectivity index (χ1) is 12.8. The number of methoxy groups -OCH3 is 1. The fourth-order valence-corrected chi connectivity index (χ4v) is 6.84. The molecule has 0 aromatic heterocycles. The molecule has 0 unspecified atom stereocenters. The Morgan fingerprint density at radius 2 is 1.89 bits per heavy atom. The van der Waals surface area contributed by atoms with Crippen LogP contribution in [-0.4, -0.2) is 30.9 Å². The summed E-state index contributed by atoms with van der Waals surface area (Å²) in [5, 5.41) is 0. The highest BCUT2D eigenvalue weighted by Gasteiger charge is 2.58. The molecule has 0 aromatic carbocycles. The summed E-state index contributed by atoms with van der Waals surface area (Å²) in [5.41, 5.74) is 1.18. The lowest BCUT2D eigenvalue weighted by atomic mass is 9.50. The van der Waals surface area contributed by atoms with Crippen LogP contribution in [0.4, 0.5) is 0 Å². The van der Waals surface area contributed by atoms with E-state index in [2.05, 4.69) is 13.0 Å². The van der Waals surface area contributed by atoms with Gasteiger partial charge in [-0.25, -0.2) is 0 Å². The van der Waals surface area contributed by atoms with E-state index in [0.717, 1.165) is 38.5 Å². The Morgan fingerprint density at radius 3 is 2.59 bits per heavy atom. The molecule has 3 saturated carbocycles. The second kappa shape index (κ2) is 6.75. The monoisotopic (exact) mass is 374 g/mol. The number of ketones is 1. The van der Waals surface area contributed by atoms with Crippen molar-refractivity contribution in [1.29, 1.82) is 0 Å². The van der Waals surface area contributed by atoms with Gasteiger partial charge >= 0.3 is 11.9 Å². The summed E-state index contributed by atoms with van der Waals surface area (Å²) in [5.74, 6) is 0.833. The SMILES string of the molecule is COC(=O)[C@@H]1CC[C@H]2[C@H]3CC=C4C[C@H](OC(C)=O)CC[C@@]4(C)[C@@H]3C(=O)C[C@@H]21. The van der Waals surface area contributed by atoms with E-state index >= 15 is 0 Å². The largest absolute Gasteiger partial charge is 0.469 e. The summed E-state index contributed by atoms with van der Waals surface area (Å²) in [6, 6.07) is 0. The molecule has 0 bridgehead atoms. The van der Waals surface area contributed by atoms with Gasteiger partial charge in [-0.1, -0.05) is 18.6 Å². The molecule has 0 radical (unpaired) electrons. The quantitative estimate of drug-likeness (QED) is 0.547. The average molecular weight is 374 g/mol. The van der Waals surface area contributed by atoms with E-state index in [1.807, 2.05) is 0 Å². The van der Waals surface area contributed by atoms with E-state index in [1.54, 1.807) is 0 Å². The Hall–Kier alpha value is -1.65. The molecule has 0 aliphatic heterocycles. The Labute approximate surface area is 160 Å². The van der Waals surface area contributed by atoms with Crippen LogP contribution >= 0.6 is 0 Å². The molecule has 4 rings (SSSR count). The van der Waals surface area contributed by atoms with Gasteiger partial charge in [-0.05, 0) is 55.3 Å². The summed E-state index contributed by atoms with van der Waals surface area (Å²) in [7, 11) is 1.45. The van der Waals surface area contributed by atoms with Gasteiger partial charge in [-0.3, -0.25) is 14.4 Å². The van der Waals surface area contributed by atoms with Crippen molar-refractivity contribution in [2.45, 2.75) is 64.9 Å². The first-order valence-electron chi connectivity index (χ1n) is 10.3. The van der Waals surface area contributed by atoms with Gasteiger partial charge in [0, 0.05) is 25.7 Å². The fraction of sp³-hybridized carbons (Fsp3) is 0.773. The number of esters is 2. The Bertz CT molecular complexity index is 695. The third kappa shape index (κ3) is 2.94. The maximum atomic E-state index is 13.3. The maximum Gasteiger partial charge on any atom is 0.308 e. The summed E-state index contributed by atoms with van der Waals surface area (Å²) < 4.78 is 10.5. The summed E-state index contributed by atoms with van der Waals surface area (Å²) >= 11 is 0. The van der Waals surface area contributed by atoms with Crippen molar-refractivity contribution in [1.82, 2.24) is 0 Å². The molecule has 4 aliphatic carbocycles. The van der Waals surface area contributed by atoms with Gasteiger partial charge in [0.2, 0.25) is 0 Å². The second-order valence-corrected chi connectivity index (χ2v) is 9.20. The number of Topliss-reactive ketones (excluding diaryl/α,β-unsaturated/α-hetero) is 1. The van der Waals surface area contributed by atoms with Gasteiger partial charge in [-0.2, -0.15) is 0 Å². The van der Waals surface area contributed by atoms with Crippen LogP contribution in [0.15, 0.2) is 11.6 Å². The molecule has 27 heavy (non-hydrogen) atoms. The Balaban J connectivity index is 1.59. The first kappa shape index (κ1) is 18.7. The molecule has 0 amide bonds. The molecule has 7 atom stereocenters. The molecule has 5 heteroatoms. The van der Waals surface area contributed by atoms with Crippen LogP contribution in [-0.2, 0) is 23.9 Å². The zero-order valence-electron chi connectivity index (χ0n) is 16.5. The standard InChI is InChI=1S/C22H30O5/c1-12(23)27-14-8-9-22(2)13(10-14)4-5-16-15-6-7-17(21(25)26-3)18(15)11-19(24)20(16)22/h4,14-18,20H,5-11H2,1-3H3/t14-,15+,16-,17-,18+,20+,22-/m1/s1. The van der Waals surface area contributed by atoms with Gasteiger partial charge in [0.1, 0.15) is 11.9 Å². The third-order valence-corrected chi connectivity index (χ3v) is 7.97. The molecule has 0 saturated heterocycles.